The van der Waals surface area contributed by atoms with Crippen molar-refractivity contribution >= 4 is 17.5 Å². The van der Waals surface area contributed by atoms with Crippen LogP contribution in [0.5, 0.6) is 0 Å². The third-order valence-corrected chi connectivity index (χ3v) is 3.59. The number of rotatable bonds is 3. The molecule has 0 saturated carbocycles. The minimum absolute atomic E-state index is 0. The summed E-state index contributed by atoms with van der Waals surface area (Å²) in [4.78, 5) is 13.7. The quantitative estimate of drug-likeness (QED) is 0.739. The Morgan fingerprint density at radius 1 is 1.35 bits per heavy atom. The maximum atomic E-state index is 12.0. The van der Waals surface area contributed by atoms with Gasteiger partial charge in [-0.2, -0.15) is 0 Å². The smallest absolute Gasteiger partial charge is 0.410 e. The van der Waals surface area contributed by atoms with Crippen LogP contribution < -0.4 is 10.5 Å². The second-order valence-electron chi connectivity index (χ2n) is 6.73. The molecular formula is C16H27N3O4. The normalized spacial score (nSPS) is 16.1. The van der Waals surface area contributed by atoms with E-state index in [1.54, 1.807) is 23.1 Å². The maximum absolute atomic E-state index is 12.0. The van der Waals surface area contributed by atoms with Crippen molar-refractivity contribution in [3.05, 3.63) is 24.3 Å². The maximum Gasteiger partial charge on any atom is 0.410 e. The third kappa shape index (κ3) is 5.30. The Hall–Kier alpha value is -1.99. The molecule has 7 heteroatoms. The van der Waals surface area contributed by atoms with Crippen LogP contribution in [0.1, 0.15) is 35.0 Å². The van der Waals surface area contributed by atoms with E-state index >= 15 is 0 Å². The molecule has 1 heterocycles. The first-order valence-electron chi connectivity index (χ1n) is 7.77. The predicted octanol–water partition coefficient (Wildman–Crippen LogP) is 3.33. The summed E-state index contributed by atoms with van der Waals surface area (Å²) in [7, 11) is 0. The van der Waals surface area contributed by atoms with Gasteiger partial charge >= 0.3 is 6.09 Å². The van der Waals surface area contributed by atoms with E-state index in [1.807, 2.05) is 26.8 Å². The highest BCUT2D eigenvalue weighted by atomic mass is 16.8. The van der Waals surface area contributed by atoms with Crippen LogP contribution in [0.3, 0.4) is 0 Å². The van der Waals surface area contributed by atoms with Crippen LogP contribution in [-0.2, 0) is 4.74 Å². The van der Waals surface area contributed by atoms with Crippen LogP contribution in [0.4, 0.5) is 16.2 Å². The summed E-state index contributed by atoms with van der Waals surface area (Å²) in [6, 6.07) is 7.09. The Morgan fingerprint density at radius 2 is 2.00 bits per heavy atom. The molecule has 1 aliphatic heterocycles. The first-order chi connectivity index (χ1) is 10.7. The van der Waals surface area contributed by atoms with E-state index in [4.69, 9.17) is 15.2 Å². The molecule has 0 aromatic heterocycles. The summed E-state index contributed by atoms with van der Waals surface area (Å²) in [5.41, 5.74) is 0.625. The molecule has 0 spiro atoms. The fourth-order valence-electron chi connectivity index (χ4n) is 2.49. The summed E-state index contributed by atoms with van der Waals surface area (Å²) >= 11 is 0. The predicted molar refractivity (Wildman–Crippen MR) is 89.1 cm³/mol. The van der Waals surface area contributed by atoms with Crippen LogP contribution in [0.25, 0.3) is 0 Å². The first kappa shape index (κ1) is 17.4. The minimum Gasteiger partial charge on any atom is -0.444 e. The molecule has 0 unspecified atom stereocenters. The van der Waals surface area contributed by atoms with Gasteiger partial charge in [0.05, 0.1) is 5.69 Å². The SMILES string of the molecule is CC(C)(C)OC(=O)N1CCC(Nc2cccc(N(O)O)c2)CC1.[HH]. The molecule has 1 aliphatic rings. The Bertz CT molecular complexity index is 540. The lowest BCUT2D eigenvalue weighted by Crippen LogP contribution is -2.44. The Balaban J connectivity index is 0.00000288. The number of hydrogen-bond donors (Lipinski definition) is 3. The molecule has 0 atom stereocenters. The lowest BCUT2D eigenvalue weighted by atomic mass is 10.0. The number of nitrogens with one attached hydrogen (secondary N) is 1. The fraction of sp³-hybridized carbons (Fsp3) is 0.562. The van der Waals surface area contributed by atoms with Gasteiger partial charge in [0.1, 0.15) is 5.60 Å². The van der Waals surface area contributed by atoms with E-state index in [0.717, 1.165) is 18.5 Å². The minimum atomic E-state index is -0.479. The van der Waals surface area contributed by atoms with Gasteiger partial charge in [0, 0.05) is 26.2 Å². The van der Waals surface area contributed by atoms with E-state index in [0.29, 0.717) is 18.8 Å². The second-order valence-corrected chi connectivity index (χ2v) is 6.73. The Morgan fingerprint density at radius 3 is 2.57 bits per heavy atom. The van der Waals surface area contributed by atoms with E-state index in [-0.39, 0.29) is 18.8 Å². The number of likely N-dealkylation sites (tertiary alicyclic amines) is 1. The van der Waals surface area contributed by atoms with E-state index in [1.165, 1.54) is 0 Å². The van der Waals surface area contributed by atoms with Gasteiger partial charge in [0.25, 0.3) is 0 Å². The molecule has 0 aliphatic carbocycles. The molecule has 1 amide bonds. The second kappa shape index (κ2) is 7.06. The number of amides is 1. The molecule has 2 rings (SSSR count). The van der Waals surface area contributed by atoms with Crippen molar-refractivity contribution in [3.8, 4) is 0 Å². The van der Waals surface area contributed by atoms with Gasteiger partial charge in [-0.1, -0.05) is 6.07 Å². The van der Waals surface area contributed by atoms with Gasteiger partial charge in [-0.25, -0.2) is 4.79 Å². The third-order valence-electron chi connectivity index (χ3n) is 3.59. The van der Waals surface area contributed by atoms with Crippen LogP contribution >= 0.6 is 0 Å². The van der Waals surface area contributed by atoms with Gasteiger partial charge in [-0.15, -0.1) is 5.23 Å². The van der Waals surface area contributed by atoms with Crippen LogP contribution in [0, 0.1) is 0 Å². The number of piperidine rings is 1. The van der Waals surface area contributed by atoms with Crippen molar-refractivity contribution in [1.29, 1.82) is 0 Å². The summed E-state index contributed by atoms with van der Waals surface area (Å²) in [5, 5.41) is 21.5. The van der Waals surface area contributed by atoms with Crippen molar-refractivity contribution in [2.24, 2.45) is 0 Å². The van der Waals surface area contributed by atoms with Crippen LogP contribution in [-0.4, -0.2) is 46.1 Å². The summed E-state index contributed by atoms with van der Waals surface area (Å²) < 4.78 is 5.38. The highest BCUT2D eigenvalue weighted by Gasteiger charge is 2.26. The van der Waals surface area contributed by atoms with Gasteiger partial charge in [0.2, 0.25) is 0 Å². The number of benzene rings is 1. The van der Waals surface area contributed by atoms with Gasteiger partial charge in [-0.05, 0) is 51.8 Å². The number of ether oxygens (including phenoxy) is 1. The number of nitrogens with zero attached hydrogens (tertiary/aromatic N) is 2. The summed E-state index contributed by atoms with van der Waals surface area (Å²) in [6.45, 7) is 6.85. The van der Waals surface area contributed by atoms with Gasteiger partial charge in [-0.3, -0.25) is 10.4 Å². The molecule has 1 fully saturated rings. The molecule has 1 saturated heterocycles. The summed E-state index contributed by atoms with van der Waals surface area (Å²) in [5.74, 6) is 0. The standard InChI is InChI=1S/C16H25N3O4.H2/c1-16(2,3)23-15(20)18-9-7-12(8-10-18)17-13-5-4-6-14(11-13)19(21)22;/h4-6,11-12,17,21-22H,7-10H2,1-3H3;1H. The zero-order valence-corrected chi connectivity index (χ0v) is 13.8. The molecule has 0 bridgehead atoms. The Kier molecular flexibility index (Phi) is 5.33. The first-order valence-corrected chi connectivity index (χ1v) is 7.77. The van der Waals surface area contributed by atoms with E-state index in [9.17, 15) is 4.79 Å². The van der Waals surface area contributed by atoms with Crippen molar-refractivity contribution in [1.82, 2.24) is 4.90 Å². The largest absolute Gasteiger partial charge is 0.444 e. The molecule has 3 N–H and O–H groups in total. The fourth-order valence-corrected chi connectivity index (χ4v) is 2.49. The molecule has 130 valence electrons. The van der Waals surface area contributed by atoms with E-state index < -0.39 is 5.60 Å². The van der Waals surface area contributed by atoms with Crippen molar-refractivity contribution in [2.45, 2.75) is 45.3 Å². The number of anilines is 2. The monoisotopic (exact) mass is 325 g/mol. The lowest BCUT2D eigenvalue weighted by molar-refractivity contribution is 0.0209. The van der Waals surface area contributed by atoms with Gasteiger partial charge < -0.3 is 15.0 Å². The molecule has 1 aromatic carbocycles. The molecular weight excluding hydrogens is 298 g/mol. The molecule has 1 aromatic rings. The number of carbonyl (C=O) groups excluding carboxylic acids is 1. The zero-order valence-electron chi connectivity index (χ0n) is 13.8. The van der Waals surface area contributed by atoms with E-state index in [2.05, 4.69) is 5.32 Å². The topological polar surface area (TPSA) is 85.3 Å². The average Bonchev–Trinajstić information content (AvgIpc) is 2.46. The number of hydrogen-bond acceptors (Lipinski definition) is 6. The zero-order chi connectivity index (χ0) is 17.0. The van der Waals surface area contributed by atoms with Gasteiger partial charge in [0.15, 0.2) is 0 Å². The highest BCUT2D eigenvalue weighted by molar-refractivity contribution is 5.68. The molecule has 7 nitrogen and oxygen atoms in total. The Labute approximate surface area is 137 Å². The van der Waals surface area contributed by atoms with Crippen molar-refractivity contribution in [2.75, 3.05) is 23.6 Å². The lowest BCUT2D eigenvalue weighted by Gasteiger charge is -2.34. The van der Waals surface area contributed by atoms with Crippen molar-refractivity contribution in [3.63, 3.8) is 0 Å². The molecule has 0 radical (unpaired) electrons. The van der Waals surface area contributed by atoms with Crippen molar-refractivity contribution < 1.29 is 21.4 Å². The summed E-state index contributed by atoms with van der Waals surface area (Å²) in [6.07, 6.45) is 1.35. The highest BCUT2D eigenvalue weighted by Crippen LogP contribution is 2.21. The average molecular weight is 325 g/mol. The van der Waals surface area contributed by atoms with Crippen LogP contribution in [0.2, 0.25) is 0 Å². The van der Waals surface area contributed by atoms with Crippen LogP contribution in [0.15, 0.2) is 24.3 Å². The number of carbonyl (C=O) groups is 1. The molecule has 23 heavy (non-hydrogen) atoms.